The zero-order valence-electron chi connectivity index (χ0n) is 15.9. The van der Waals surface area contributed by atoms with Gasteiger partial charge < -0.3 is 14.3 Å². The molecule has 0 spiro atoms. The summed E-state index contributed by atoms with van der Waals surface area (Å²) in [5, 5.41) is 6.03. The molecule has 1 aliphatic heterocycles. The van der Waals surface area contributed by atoms with Crippen LogP contribution in [0.5, 0.6) is 5.75 Å². The number of nitrogens with zero attached hydrogens (tertiary/aromatic N) is 1. The fourth-order valence-electron chi connectivity index (χ4n) is 2.77. The van der Waals surface area contributed by atoms with Crippen molar-refractivity contribution < 1.29 is 23.9 Å². The molecule has 0 aromatic heterocycles. The molecule has 27 heavy (non-hydrogen) atoms. The SMILES string of the molecule is CCC(C)(C)C(=O)OCC(=O)O/N=C1/c2c(ccc3ccccc23)OC1C. The number of hydrogen-bond acceptors (Lipinski definition) is 6. The van der Waals surface area contributed by atoms with Crippen LogP contribution in [0.2, 0.25) is 0 Å². The molecule has 1 aliphatic rings. The highest BCUT2D eigenvalue weighted by molar-refractivity contribution is 6.16. The van der Waals surface area contributed by atoms with Crippen molar-refractivity contribution in [1.29, 1.82) is 0 Å². The molecular weight excluding hydrogens is 346 g/mol. The summed E-state index contributed by atoms with van der Waals surface area (Å²) in [6.45, 7) is 6.78. The Bertz CT molecular complexity index is 916. The zero-order chi connectivity index (χ0) is 19.6. The Kier molecular flexibility index (Phi) is 5.17. The number of fused-ring (bicyclic) bond motifs is 3. The molecule has 1 unspecified atom stereocenters. The Balaban J connectivity index is 1.74. The van der Waals surface area contributed by atoms with E-state index >= 15 is 0 Å². The molecule has 0 saturated carbocycles. The Morgan fingerprint density at radius 2 is 1.93 bits per heavy atom. The lowest BCUT2D eigenvalue weighted by Crippen LogP contribution is -2.28. The van der Waals surface area contributed by atoms with E-state index in [9.17, 15) is 9.59 Å². The van der Waals surface area contributed by atoms with Gasteiger partial charge in [-0.05, 0) is 44.0 Å². The van der Waals surface area contributed by atoms with Crippen molar-refractivity contribution in [2.45, 2.75) is 40.2 Å². The van der Waals surface area contributed by atoms with Gasteiger partial charge in [-0.2, -0.15) is 0 Å². The Labute approximate surface area is 158 Å². The molecule has 2 aromatic rings. The van der Waals surface area contributed by atoms with Gasteiger partial charge in [0.25, 0.3) is 0 Å². The lowest BCUT2D eigenvalue weighted by Gasteiger charge is -2.19. The van der Waals surface area contributed by atoms with Crippen LogP contribution in [0.15, 0.2) is 41.6 Å². The minimum absolute atomic E-state index is 0.347. The Hall–Kier alpha value is -2.89. The number of oxime groups is 1. The van der Waals surface area contributed by atoms with E-state index in [4.69, 9.17) is 14.3 Å². The topological polar surface area (TPSA) is 74.2 Å². The molecule has 6 heteroatoms. The fraction of sp³-hybridized carbons (Fsp3) is 0.381. The average molecular weight is 369 g/mol. The number of carbonyl (C=O) groups excluding carboxylic acids is 2. The van der Waals surface area contributed by atoms with Crippen LogP contribution >= 0.6 is 0 Å². The summed E-state index contributed by atoms with van der Waals surface area (Å²) in [6, 6.07) is 11.7. The minimum atomic E-state index is -0.733. The maximum atomic E-state index is 12.0. The van der Waals surface area contributed by atoms with Crippen molar-refractivity contribution in [3.8, 4) is 5.75 Å². The maximum absolute atomic E-state index is 12.0. The van der Waals surface area contributed by atoms with Crippen molar-refractivity contribution in [3.63, 3.8) is 0 Å². The van der Waals surface area contributed by atoms with Gasteiger partial charge in [0, 0.05) is 0 Å². The molecule has 1 heterocycles. The molecule has 0 aliphatic carbocycles. The van der Waals surface area contributed by atoms with Crippen molar-refractivity contribution in [3.05, 3.63) is 42.0 Å². The number of rotatable bonds is 5. The van der Waals surface area contributed by atoms with Crippen LogP contribution in [0.1, 0.15) is 39.7 Å². The van der Waals surface area contributed by atoms with E-state index in [-0.39, 0.29) is 6.10 Å². The monoisotopic (exact) mass is 369 g/mol. The summed E-state index contributed by atoms with van der Waals surface area (Å²) in [4.78, 5) is 28.9. The molecule has 0 N–H and O–H groups in total. The van der Waals surface area contributed by atoms with Crippen molar-refractivity contribution in [1.82, 2.24) is 0 Å². The minimum Gasteiger partial charge on any atom is -0.484 e. The summed E-state index contributed by atoms with van der Waals surface area (Å²) in [5.41, 5.74) is 0.713. The van der Waals surface area contributed by atoms with Gasteiger partial charge in [0.1, 0.15) is 17.6 Å². The zero-order valence-corrected chi connectivity index (χ0v) is 15.9. The van der Waals surface area contributed by atoms with Crippen molar-refractivity contribution >= 4 is 28.4 Å². The number of esters is 1. The van der Waals surface area contributed by atoms with Crippen LogP contribution in [0, 0.1) is 5.41 Å². The summed E-state index contributed by atoms with van der Waals surface area (Å²) in [6.07, 6.45) is 0.266. The average Bonchev–Trinajstić information content (AvgIpc) is 2.99. The lowest BCUT2D eigenvalue weighted by molar-refractivity contribution is -0.164. The van der Waals surface area contributed by atoms with Gasteiger partial charge in [0.15, 0.2) is 6.61 Å². The van der Waals surface area contributed by atoms with E-state index in [1.54, 1.807) is 13.8 Å². The quantitative estimate of drug-likeness (QED) is 0.455. The first kappa shape index (κ1) is 18.9. The van der Waals surface area contributed by atoms with Crippen LogP contribution in [0.3, 0.4) is 0 Å². The third-order valence-electron chi connectivity index (χ3n) is 4.84. The van der Waals surface area contributed by atoms with Gasteiger partial charge in [-0.25, -0.2) is 4.79 Å². The highest BCUT2D eigenvalue weighted by atomic mass is 16.7. The van der Waals surface area contributed by atoms with Gasteiger partial charge in [0.2, 0.25) is 0 Å². The van der Waals surface area contributed by atoms with Gasteiger partial charge in [-0.15, -0.1) is 0 Å². The maximum Gasteiger partial charge on any atom is 0.372 e. The van der Waals surface area contributed by atoms with Crippen molar-refractivity contribution in [2.75, 3.05) is 6.61 Å². The molecule has 142 valence electrons. The van der Waals surface area contributed by atoms with E-state index in [1.807, 2.05) is 50.2 Å². The van der Waals surface area contributed by atoms with Crippen molar-refractivity contribution in [2.24, 2.45) is 10.6 Å². The first-order chi connectivity index (χ1) is 12.8. The standard InChI is InChI=1S/C21H23NO5/c1-5-21(3,4)20(24)25-12-17(23)27-22-19-13(2)26-16-11-10-14-8-6-7-9-15(14)18(16)19/h6-11,13H,5,12H2,1-4H3/b22-19+. The summed E-state index contributed by atoms with van der Waals surface area (Å²) in [7, 11) is 0. The normalized spacial score (nSPS) is 17.5. The molecule has 0 amide bonds. The molecule has 0 radical (unpaired) electrons. The lowest BCUT2D eigenvalue weighted by atomic mass is 9.91. The van der Waals surface area contributed by atoms with E-state index in [0.29, 0.717) is 17.9 Å². The molecule has 3 rings (SSSR count). The summed E-state index contributed by atoms with van der Waals surface area (Å²) in [5.74, 6) is -0.473. The second-order valence-corrected chi connectivity index (χ2v) is 7.17. The first-order valence-electron chi connectivity index (χ1n) is 8.97. The van der Waals surface area contributed by atoms with Gasteiger partial charge in [-0.3, -0.25) is 4.79 Å². The molecule has 2 aromatic carbocycles. The molecule has 0 fully saturated rings. The second-order valence-electron chi connectivity index (χ2n) is 7.17. The number of hydrogen-bond donors (Lipinski definition) is 0. The van der Waals surface area contributed by atoms with Crippen LogP contribution in [0.4, 0.5) is 0 Å². The predicted molar refractivity (Wildman–Crippen MR) is 102 cm³/mol. The van der Waals surface area contributed by atoms with Crippen LogP contribution in [0.25, 0.3) is 10.8 Å². The van der Waals surface area contributed by atoms with Gasteiger partial charge in [-0.1, -0.05) is 42.4 Å². The summed E-state index contributed by atoms with van der Waals surface area (Å²) >= 11 is 0. The molecule has 6 nitrogen and oxygen atoms in total. The summed E-state index contributed by atoms with van der Waals surface area (Å²) < 4.78 is 10.8. The first-order valence-corrected chi connectivity index (χ1v) is 8.97. The fourth-order valence-corrected chi connectivity index (χ4v) is 2.77. The van der Waals surface area contributed by atoms with Gasteiger partial charge in [0.05, 0.1) is 11.0 Å². The molecular formula is C21H23NO5. The van der Waals surface area contributed by atoms with E-state index < -0.39 is 24.0 Å². The number of benzene rings is 2. The molecule has 0 saturated heterocycles. The van der Waals surface area contributed by atoms with Gasteiger partial charge >= 0.3 is 11.9 Å². The Morgan fingerprint density at radius 1 is 1.19 bits per heavy atom. The van der Waals surface area contributed by atoms with Crippen LogP contribution in [-0.2, 0) is 19.2 Å². The highest BCUT2D eigenvalue weighted by Gasteiger charge is 2.30. The van der Waals surface area contributed by atoms with E-state index in [0.717, 1.165) is 16.3 Å². The highest BCUT2D eigenvalue weighted by Crippen LogP contribution is 2.35. The third-order valence-corrected chi connectivity index (χ3v) is 4.84. The molecule has 0 bridgehead atoms. The predicted octanol–water partition coefficient (Wildman–Crippen LogP) is 3.85. The Morgan fingerprint density at radius 3 is 2.67 bits per heavy atom. The van der Waals surface area contributed by atoms with E-state index in [1.165, 1.54) is 0 Å². The van der Waals surface area contributed by atoms with E-state index in [2.05, 4.69) is 5.16 Å². The molecule has 1 atom stereocenters. The number of ether oxygens (including phenoxy) is 2. The van der Waals surface area contributed by atoms with Crippen LogP contribution < -0.4 is 4.74 Å². The number of carbonyl (C=O) groups is 2. The third kappa shape index (κ3) is 3.79. The second kappa shape index (κ2) is 7.39. The van der Waals surface area contributed by atoms with Crippen LogP contribution in [-0.4, -0.2) is 30.4 Å². The smallest absolute Gasteiger partial charge is 0.372 e. The largest absolute Gasteiger partial charge is 0.484 e.